The van der Waals surface area contributed by atoms with Crippen LogP contribution in [0, 0.1) is 0 Å². The summed E-state index contributed by atoms with van der Waals surface area (Å²) >= 11 is 1.36. The first kappa shape index (κ1) is 26.7. The van der Waals surface area contributed by atoms with Crippen LogP contribution in [0.15, 0.2) is 77.3 Å². The van der Waals surface area contributed by atoms with Gasteiger partial charge in [-0.25, -0.2) is 9.50 Å². The van der Waals surface area contributed by atoms with Gasteiger partial charge in [0.25, 0.3) is 5.19 Å². The van der Waals surface area contributed by atoms with Crippen LogP contribution in [0.3, 0.4) is 0 Å². The lowest BCUT2D eigenvalue weighted by atomic mass is 9.87. The fourth-order valence-corrected chi connectivity index (χ4v) is 5.18. The zero-order valence-corrected chi connectivity index (χ0v) is 24.5. The van der Waals surface area contributed by atoms with Crippen LogP contribution in [0.2, 0.25) is 0 Å². The van der Waals surface area contributed by atoms with Crippen LogP contribution < -0.4 is 18.9 Å². The summed E-state index contributed by atoms with van der Waals surface area (Å²) in [4.78, 5) is 5.35. The van der Waals surface area contributed by atoms with E-state index in [0.717, 1.165) is 27.2 Å². The van der Waals surface area contributed by atoms with E-state index in [1.54, 1.807) is 18.7 Å². The van der Waals surface area contributed by atoms with Crippen molar-refractivity contribution in [3.8, 4) is 33.9 Å². The van der Waals surface area contributed by atoms with Crippen molar-refractivity contribution in [2.45, 2.75) is 39.4 Å². The normalized spacial score (nSPS) is 11.7. The van der Waals surface area contributed by atoms with Gasteiger partial charge in [0.05, 0.1) is 25.8 Å². The molecule has 0 amide bonds. The Balaban J connectivity index is 1.18. The van der Waals surface area contributed by atoms with E-state index >= 15 is 0 Å². The van der Waals surface area contributed by atoms with E-state index in [-0.39, 0.29) is 5.41 Å². The van der Waals surface area contributed by atoms with Crippen LogP contribution in [0.25, 0.3) is 27.4 Å². The summed E-state index contributed by atoms with van der Waals surface area (Å²) < 4.78 is 30.9. The Morgan fingerprint density at radius 1 is 0.854 bits per heavy atom. The Morgan fingerprint density at radius 2 is 1.66 bits per heavy atom. The lowest BCUT2D eigenvalue weighted by Gasteiger charge is -2.19. The minimum atomic E-state index is 0.127. The molecule has 0 bridgehead atoms. The fourth-order valence-electron chi connectivity index (χ4n) is 4.48. The highest BCUT2D eigenvalue weighted by Crippen LogP contribution is 2.37. The number of aromatic nitrogens is 3. The number of furan rings is 1. The van der Waals surface area contributed by atoms with Gasteiger partial charge < -0.3 is 23.4 Å². The number of rotatable bonds is 9. The fraction of sp³-hybridized carbons (Fsp3) is 0.250. The lowest BCUT2D eigenvalue weighted by molar-refractivity contribution is 0.296. The van der Waals surface area contributed by atoms with E-state index in [9.17, 15) is 0 Å². The summed E-state index contributed by atoms with van der Waals surface area (Å²) in [5.74, 6) is 2.69. The lowest BCUT2D eigenvalue weighted by Crippen LogP contribution is -2.10. The van der Waals surface area contributed by atoms with E-state index in [2.05, 4.69) is 55.1 Å². The van der Waals surface area contributed by atoms with Gasteiger partial charge in [-0.2, -0.15) is 0 Å². The first-order chi connectivity index (χ1) is 19.8. The van der Waals surface area contributed by atoms with E-state index < -0.39 is 0 Å². The van der Waals surface area contributed by atoms with Gasteiger partial charge in [0.1, 0.15) is 41.7 Å². The Morgan fingerprint density at radius 3 is 2.39 bits per heavy atom. The topological polar surface area (TPSA) is 80.2 Å². The Bertz CT molecular complexity index is 1780. The van der Waals surface area contributed by atoms with Crippen LogP contribution in [0.4, 0.5) is 0 Å². The third-order valence-electron chi connectivity index (χ3n) is 6.78. The van der Waals surface area contributed by atoms with Crippen molar-refractivity contribution in [3.05, 3.63) is 89.6 Å². The molecule has 3 heterocycles. The maximum atomic E-state index is 6.29. The average Bonchev–Trinajstić information content (AvgIpc) is 3.68. The van der Waals surface area contributed by atoms with Gasteiger partial charge >= 0.3 is 0 Å². The molecule has 41 heavy (non-hydrogen) atoms. The van der Waals surface area contributed by atoms with E-state index in [1.165, 1.54) is 16.9 Å². The van der Waals surface area contributed by atoms with Gasteiger partial charge in [0.2, 0.25) is 4.96 Å². The van der Waals surface area contributed by atoms with Crippen LogP contribution in [0.5, 0.6) is 22.4 Å². The first-order valence-electron chi connectivity index (χ1n) is 13.3. The Hall–Kier alpha value is -4.50. The zero-order chi connectivity index (χ0) is 28.6. The van der Waals surface area contributed by atoms with Crippen LogP contribution in [-0.4, -0.2) is 28.8 Å². The molecule has 8 nitrogen and oxygen atoms in total. The molecule has 9 heteroatoms. The molecule has 210 valence electrons. The van der Waals surface area contributed by atoms with Gasteiger partial charge in [-0.05, 0) is 51.6 Å². The second-order valence-electron chi connectivity index (χ2n) is 10.7. The molecule has 0 atom stereocenters. The van der Waals surface area contributed by atoms with E-state index in [1.807, 2.05) is 48.7 Å². The van der Waals surface area contributed by atoms with Crippen molar-refractivity contribution < 1.29 is 23.4 Å². The predicted octanol–water partition coefficient (Wildman–Crippen LogP) is 7.68. The van der Waals surface area contributed by atoms with Crippen molar-refractivity contribution in [3.63, 3.8) is 0 Å². The molecule has 0 spiro atoms. The molecule has 0 aliphatic heterocycles. The molecule has 6 aromatic rings. The highest BCUT2D eigenvalue weighted by atomic mass is 32.1. The molecular formula is C32H31N3O5S. The SMILES string of the molecule is COc1cc(OCc2cccc(OCc3ccc(C(C)(C)C)cc3)c2)c2cc(-c3cn4nc(OC)sc4n3)oc2c1. The maximum Gasteiger partial charge on any atom is 0.294 e. The van der Waals surface area contributed by atoms with Crippen molar-refractivity contribution in [2.24, 2.45) is 0 Å². The summed E-state index contributed by atoms with van der Waals surface area (Å²) in [6, 6.07) is 22.2. The Kier molecular flexibility index (Phi) is 7.05. The summed E-state index contributed by atoms with van der Waals surface area (Å²) in [6.07, 6.45) is 1.81. The van der Waals surface area contributed by atoms with Crippen LogP contribution in [0.1, 0.15) is 37.5 Å². The Labute approximate surface area is 242 Å². The van der Waals surface area contributed by atoms with Crippen LogP contribution >= 0.6 is 11.3 Å². The van der Waals surface area contributed by atoms with Crippen molar-refractivity contribution in [1.82, 2.24) is 14.6 Å². The zero-order valence-electron chi connectivity index (χ0n) is 23.6. The molecule has 0 unspecified atom stereocenters. The number of hydrogen-bond donors (Lipinski definition) is 0. The van der Waals surface area contributed by atoms with Gasteiger partial charge in [0, 0.05) is 12.1 Å². The number of imidazole rings is 1. The molecule has 0 saturated heterocycles. The molecule has 0 aliphatic rings. The molecule has 0 N–H and O–H groups in total. The smallest absolute Gasteiger partial charge is 0.294 e. The minimum Gasteiger partial charge on any atom is -0.496 e. The molecule has 0 radical (unpaired) electrons. The first-order valence-corrected chi connectivity index (χ1v) is 14.1. The van der Waals surface area contributed by atoms with Gasteiger partial charge in [-0.1, -0.05) is 57.2 Å². The number of methoxy groups -OCH3 is 2. The third kappa shape index (κ3) is 5.71. The molecule has 0 aliphatic carbocycles. The number of ether oxygens (including phenoxy) is 4. The third-order valence-corrected chi connectivity index (χ3v) is 7.66. The summed E-state index contributed by atoms with van der Waals surface area (Å²) in [5.41, 5.74) is 4.86. The highest BCUT2D eigenvalue weighted by molar-refractivity contribution is 7.18. The standard InChI is InChI=1S/C32H31N3O5S/c1-32(2,3)22-11-9-20(10-12-22)18-38-23-8-6-7-21(13-23)19-39-27-14-24(36-4)15-28-25(27)16-29(40-28)26-17-35-30(33-26)41-31(34-35)37-5/h6-17H,18-19H2,1-5H3. The minimum absolute atomic E-state index is 0.127. The number of fused-ring (bicyclic) bond motifs is 2. The average molecular weight is 570 g/mol. The molecule has 3 aromatic heterocycles. The molecule has 0 saturated carbocycles. The predicted molar refractivity (Wildman–Crippen MR) is 159 cm³/mol. The maximum absolute atomic E-state index is 6.29. The quantitative estimate of drug-likeness (QED) is 0.177. The van der Waals surface area contributed by atoms with Crippen LogP contribution in [-0.2, 0) is 18.6 Å². The second kappa shape index (κ2) is 10.8. The van der Waals surface area contributed by atoms with Gasteiger partial charge in [0.15, 0.2) is 5.76 Å². The van der Waals surface area contributed by atoms with Crippen molar-refractivity contribution >= 4 is 27.3 Å². The molecule has 6 rings (SSSR count). The van der Waals surface area contributed by atoms with Crippen molar-refractivity contribution in [1.29, 1.82) is 0 Å². The summed E-state index contributed by atoms with van der Waals surface area (Å²) in [5, 5.41) is 5.72. The van der Waals surface area contributed by atoms with E-state index in [4.69, 9.17) is 23.4 Å². The van der Waals surface area contributed by atoms with E-state index in [0.29, 0.717) is 46.9 Å². The molecular weight excluding hydrogens is 538 g/mol. The summed E-state index contributed by atoms with van der Waals surface area (Å²) in [7, 11) is 3.21. The number of hydrogen-bond acceptors (Lipinski definition) is 8. The number of nitrogens with zero attached hydrogens (tertiary/aromatic N) is 3. The molecule has 3 aromatic carbocycles. The van der Waals surface area contributed by atoms with Gasteiger partial charge in [-0.15, -0.1) is 5.10 Å². The van der Waals surface area contributed by atoms with Gasteiger partial charge in [-0.3, -0.25) is 0 Å². The van der Waals surface area contributed by atoms with Crippen molar-refractivity contribution in [2.75, 3.05) is 14.2 Å². The highest BCUT2D eigenvalue weighted by Gasteiger charge is 2.17. The number of benzene rings is 3. The second-order valence-corrected chi connectivity index (χ2v) is 11.7. The molecule has 0 fully saturated rings. The summed E-state index contributed by atoms with van der Waals surface area (Å²) in [6.45, 7) is 7.49. The largest absolute Gasteiger partial charge is 0.496 e. The monoisotopic (exact) mass is 569 g/mol.